The van der Waals surface area contributed by atoms with Gasteiger partial charge in [-0.05, 0) is 65.2 Å². The van der Waals surface area contributed by atoms with Gasteiger partial charge in [0.1, 0.15) is 11.2 Å². The van der Waals surface area contributed by atoms with Gasteiger partial charge in [0.25, 0.3) is 5.91 Å². The van der Waals surface area contributed by atoms with Crippen LogP contribution in [0.2, 0.25) is 0 Å². The minimum atomic E-state index is -0.698. The van der Waals surface area contributed by atoms with E-state index in [0.29, 0.717) is 12.2 Å². The highest BCUT2D eigenvalue weighted by Gasteiger charge is 2.54. The van der Waals surface area contributed by atoms with Crippen LogP contribution in [0.4, 0.5) is 0 Å². The molecule has 1 aliphatic carbocycles. The standard InChI is InChI=1S/C21H32N4O3/c1-14-15(2)22-23(3)18(14)19(27)25-13-5-11-21(25)10-4-12-24(20(21)28)16-6-8-17(26)9-7-16/h16-17,26H,4-13H2,1-3H3. The Bertz CT molecular complexity index is 781. The number of aliphatic hydroxyl groups excluding tert-OH is 1. The highest BCUT2D eigenvalue weighted by Crippen LogP contribution is 2.41. The van der Waals surface area contributed by atoms with Crippen LogP contribution in [0.5, 0.6) is 0 Å². The van der Waals surface area contributed by atoms with Crippen molar-refractivity contribution in [2.24, 2.45) is 7.05 Å². The highest BCUT2D eigenvalue weighted by atomic mass is 16.3. The van der Waals surface area contributed by atoms with Crippen molar-refractivity contribution in [3.05, 3.63) is 17.0 Å². The van der Waals surface area contributed by atoms with E-state index in [1.807, 2.05) is 23.6 Å². The monoisotopic (exact) mass is 388 g/mol. The number of carbonyl (C=O) groups excluding carboxylic acids is 2. The summed E-state index contributed by atoms with van der Waals surface area (Å²) in [6, 6.07) is 0.200. The Hall–Kier alpha value is -1.89. The third kappa shape index (κ3) is 2.95. The second kappa shape index (κ2) is 7.17. The smallest absolute Gasteiger partial charge is 0.273 e. The molecule has 7 nitrogen and oxygen atoms in total. The quantitative estimate of drug-likeness (QED) is 0.840. The normalized spacial score (nSPS) is 31.1. The number of amides is 2. The maximum Gasteiger partial charge on any atom is 0.273 e. The zero-order valence-electron chi connectivity index (χ0n) is 17.3. The molecule has 1 atom stereocenters. The third-order valence-electron chi connectivity index (χ3n) is 7.21. The van der Waals surface area contributed by atoms with Crippen molar-refractivity contribution in [2.75, 3.05) is 13.1 Å². The van der Waals surface area contributed by atoms with Gasteiger partial charge in [0.2, 0.25) is 5.91 Å². The molecule has 0 bridgehead atoms. The van der Waals surface area contributed by atoms with Crippen LogP contribution < -0.4 is 0 Å². The molecule has 3 fully saturated rings. The first-order valence-corrected chi connectivity index (χ1v) is 10.7. The van der Waals surface area contributed by atoms with Crippen molar-refractivity contribution in [3.8, 4) is 0 Å². The number of hydrogen-bond donors (Lipinski definition) is 1. The van der Waals surface area contributed by atoms with E-state index < -0.39 is 5.54 Å². The summed E-state index contributed by atoms with van der Waals surface area (Å²) >= 11 is 0. The van der Waals surface area contributed by atoms with E-state index in [4.69, 9.17) is 0 Å². The van der Waals surface area contributed by atoms with Crippen LogP contribution in [0.1, 0.15) is 73.1 Å². The molecule has 1 saturated carbocycles. The number of nitrogens with zero attached hydrogens (tertiary/aromatic N) is 4. The van der Waals surface area contributed by atoms with Crippen molar-refractivity contribution in [3.63, 3.8) is 0 Å². The Kier molecular flexibility index (Phi) is 4.98. The second-order valence-electron chi connectivity index (χ2n) is 8.84. The zero-order valence-corrected chi connectivity index (χ0v) is 17.3. The van der Waals surface area contributed by atoms with Crippen molar-refractivity contribution >= 4 is 11.8 Å². The largest absolute Gasteiger partial charge is 0.393 e. The van der Waals surface area contributed by atoms with Gasteiger partial charge in [0.05, 0.1) is 11.8 Å². The fourth-order valence-electron chi connectivity index (χ4n) is 5.58. The third-order valence-corrected chi connectivity index (χ3v) is 7.21. The van der Waals surface area contributed by atoms with Crippen molar-refractivity contribution < 1.29 is 14.7 Å². The summed E-state index contributed by atoms with van der Waals surface area (Å²) in [5.41, 5.74) is 1.66. The van der Waals surface area contributed by atoms with Gasteiger partial charge in [0, 0.05) is 31.7 Å². The minimum absolute atomic E-state index is 0.0626. The van der Waals surface area contributed by atoms with Crippen LogP contribution in [0, 0.1) is 13.8 Å². The van der Waals surface area contributed by atoms with Crippen molar-refractivity contribution in [2.45, 2.75) is 82.9 Å². The number of piperidine rings is 1. The summed E-state index contributed by atoms with van der Waals surface area (Å²) in [4.78, 5) is 31.1. The number of rotatable bonds is 2. The molecule has 7 heteroatoms. The molecule has 0 aromatic carbocycles. The molecular weight excluding hydrogens is 356 g/mol. The first kappa shape index (κ1) is 19.4. The molecule has 3 aliphatic rings. The Labute approximate surface area is 166 Å². The van der Waals surface area contributed by atoms with Crippen molar-refractivity contribution in [1.82, 2.24) is 19.6 Å². The topological polar surface area (TPSA) is 78.7 Å². The number of aromatic nitrogens is 2. The fraction of sp³-hybridized carbons (Fsp3) is 0.762. The van der Waals surface area contributed by atoms with E-state index in [-0.39, 0.29) is 24.0 Å². The van der Waals surface area contributed by atoms with E-state index in [9.17, 15) is 14.7 Å². The molecule has 3 heterocycles. The van der Waals surface area contributed by atoms with E-state index in [1.165, 1.54) is 0 Å². The van der Waals surface area contributed by atoms with Gasteiger partial charge in [-0.25, -0.2) is 0 Å². The first-order chi connectivity index (χ1) is 13.3. The summed E-state index contributed by atoms with van der Waals surface area (Å²) in [7, 11) is 1.80. The van der Waals surface area contributed by atoms with Crippen LogP contribution in [-0.2, 0) is 11.8 Å². The number of likely N-dealkylation sites (tertiary alicyclic amines) is 2. The predicted molar refractivity (Wildman–Crippen MR) is 105 cm³/mol. The Morgan fingerprint density at radius 3 is 2.36 bits per heavy atom. The van der Waals surface area contributed by atoms with Gasteiger partial charge in [-0.1, -0.05) is 0 Å². The SMILES string of the molecule is Cc1nn(C)c(C(=O)N2CCCC23CCCN(C2CCC(O)CC2)C3=O)c1C. The summed E-state index contributed by atoms with van der Waals surface area (Å²) in [6.07, 6.45) is 6.30. The molecule has 2 aliphatic heterocycles. The number of aliphatic hydroxyl groups is 1. The van der Waals surface area contributed by atoms with E-state index in [0.717, 1.165) is 69.2 Å². The van der Waals surface area contributed by atoms with Crippen LogP contribution in [0.3, 0.4) is 0 Å². The first-order valence-electron chi connectivity index (χ1n) is 10.7. The maximum absolute atomic E-state index is 13.7. The molecule has 1 N–H and O–H groups in total. The number of aryl methyl sites for hydroxylation is 2. The molecule has 2 saturated heterocycles. The molecule has 1 unspecified atom stereocenters. The lowest BCUT2D eigenvalue weighted by Crippen LogP contribution is -2.63. The van der Waals surface area contributed by atoms with Crippen LogP contribution in [0.25, 0.3) is 0 Å². The summed E-state index contributed by atoms with van der Waals surface area (Å²) in [5, 5.41) is 14.2. The summed E-state index contributed by atoms with van der Waals surface area (Å²) in [5.74, 6) is 0.0647. The lowest BCUT2D eigenvalue weighted by atomic mass is 9.82. The zero-order chi connectivity index (χ0) is 20.1. The number of carbonyl (C=O) groups is 2. The van der Waals surface area contributed by atoms with Gasteiger partial charge < -0.3 is 14.9 Å². The molecule has 1 aromatic heterocycles. The Morgan fingerprint density at radius 1 is 1.11 bits per heavy atom. The van der Waals surface area contributed by atoms with E-state index in [1.54, 1.807) is 11.7 Å². The average molecular weight is 389 g/mol. The Morgan fingerprint density at radius 2 is 1.75 bits per heavy atom. The molecule has 2 amide bonds. The summed E-state index contributed by atoms with van der Waals surface area (Å²) in [6.45, 7) is 5.25. The van der Waals surface area contributed by atoms with Gasteiger partial charge >= 0.3 is 0 Å². The second-order valence-corrected chi connectivity index (χ2v) is 8.84. The van der Waals surface area contributed by atoms with Gasteiger partial charge in [-0.2, -0.15) is 5.10 Å². The lowest BCUT2D eigenvalue weighted by Gasteiger charge is -2.48. The lowest BCUT2D eigenvalue weighted by molar-refractivity contribution is -0.149. The van der Waals surface area contributed by atoms with Gasteiger partial charge in [-0.3, -0.25) is 14.3 Å². The molecule has 1 aromatic rings. The molecular formula is C21H32N4O3. The molecule has 0 radical (unpaired) electrons. The Balaban J connectivity index is 1.62. The molecule has 28 heavy (non-hydrogen) atoms. The summed E-state index contributed by atoms with van der Waals surface area (Å²) < 4.78 is 1.66. The average Bonchev–Trinajstić information content (AvgIpc) is 3.19. The van der Waals surface area contributed by atoms with Crippen LogP contribution >= 0.6 is 0 Å². The predicted octanol–water partition coefficient (Wildman–Crippen LogP) is 1.94. The molecule has 1 spiro atoms. The van der Waals surface area contributed by atoms with Crippen LogP contribution in [-0.4, -0.2) is 67.3 Å². The van der Waals surface area contributed by atoms with E-state index in [2.05, 4.69) is 5.10 Å². The van der Waals surface area contributed by atoms with Crippen molar-refractivity contribution in [1.29, 1.82) is 0 Å². The maximum atomic E-state index is 13.7. The fourth-order valence-corrected chi connectivity index (χ4v) is 5.58. The van der Waals surface area contributed by atoms with E-state index >= 15 is 0 Å². The van der Waals surface area contributed by atoms with Gasteiger partial charge in [0.15, 0.2) is 0 Å². The number of hydrogen-bond acceptors (Lipinski definition) is 4. The minimum Gasteiger partial charge on any atom is -0.393 e. The highest BCUT2D eigenvalue weighted by molar-refractivity contribution is 6.00. The van der Waals surface area contributed by atoms with Crippen LogP contribution in [0.15, 0.2) is 0 Å². The molecule has 4 rings (SSSR count). The van der Waals surface area contributed by atoms with Gasteiger partial charge in [-0.15, -0.1) is 0 Å². The molecule has 154 valence electrons.